The lowest BCUT2D eigenvalue weighted by Crippen LogP contribution is -2.19. The van der Waals surface area contributed by atoms with Crippen LogP contribution in [0.2, 0.25) is 0 Å². The van der Waals surface area contributed by atoms with Gasteiger partial charge in [-0.3, -0.25) is 4.79 Å². The van der Waals surface area contributed by atoms with Crippen molar-refractivity contribution in [3.05, 3.63) is 23.8 Å². The lowest BCUT2D eigenvalue weighted by molar-refractivity contribution is 0.0923. The molecule has 19 heavy (non-hydrogen) atoms. The van der Waals surface area contributed by atoms with E-state index in [1.165, 1.54) is 0 Å². The van der Waals surface area contributed by atoms with E-state index >= 15 is 0 Å². The lowest BCUT2D eigenvalue weighted by Gasteiger charge is -2.11. The van der Waals surface area contributed by atoms with Crippen molar-refractivity contribution >= 4 is 11.6 Å². The molecule has 3 N–H and O–H groups in total. The van der Waals surface area contributed by atoms with Crippen molar-refractivity contribution in [1.29, 1.82) is 0 Å². The molecule has 0 aliphatic heterocycles. The number of amides is 1. The Labute approximate surface area is 114 Å². The van der Waals surface area contributed by atoms with Gasteiger partial charge in [0.15, 0.2) is 0 Å². The van der Waals surface area contributed by atoms with E-state index in [4.69, 9.17) is 15.2 Å². The van der Waals surface area contributed by atoms with E-state index in [1.54, 1.807) is 25.2 Å². The normalized spacial score (nSPS) is 10.2. The lowest BCUT2D eigenvalue weighted by atomic mass is 10.1. The van der Waals surface area contributed by atoms with Crippen LogP contribution in [0.25, 0.3) is 0 Å². The highest BCUT2D eigenvalue weighted by Gasteiger charge is 2.11. The molecule has 0 aromatic heterocycles. The molecular weight excluding hydrogens is 244 g/mol. The molecule has 0 aliphatic carbocycles. The number of nitrogen functional groups attached to an aromatic ring is 1. The standard InChI is InChI=1S/C14H22N2O3/c1-3-4-7-18-8-9-19-13-10-11(15)5-6-12(13)14(17)16-2/h5-6,10H,3-4,7-9,15H2,1-2H3,(H,16,17). The van der Waals surface area contributed by atoms with Crippen molar-refractivity contribution in [2.45, 2.75) is 19.8 Å². The summed E-state index contributed by atoms with van der Waals surface area (Å²) in [4.78, 5) is 11.7. The summed E-state index contributed by atoms with van der Waals surface area (Å²) >= 11 is 0. The Morgan fingerprint density at radius 2 is 2.11 bits per heavy atom. The molecule has 0 unspecified atom stereocenters. The summed E-state index contributed by atoms with van der Waals surface area (Å²) in [5, 5.41) is 2.57. The van der Waals surface area contributed by atoms with E-state index in [2.05, 4.69) is 12.2 Å². The zero-order valence-electron chi connectivity index (χ0n) is 11.6. The van der Waals surface area contributed by atoms with Gasteiger partial charge in [0.25, 0.3) is 5.91 Å². The third kappa shape index (κ3) is 5.18. The minimum absolute atomic E-state index is 0.193. The Morgan fingerprint density at radius 3 is 2.79 bits per heavy atom. The van der Waals surface area contributed by atoms with Crippen LogP contribution in [0.5, 0.6) is 5.75 Å². The number of anilines is 1. The molecule has 0 spiro atoms. The summed E-state index contributed by atoms with van der Waals surface area (Å²) in [7, 11) is 1.58. The number of nitrogens with two attached hydrogens (primary N) is 1. The smallest absolute Gasteiger partial charge is 0.254 e. The van der Waals surface area contributed by atoms with Gasteiger partial charge < -0.3 is 20.5 Å². The number of benzene rings is 1. The average molecular weight is 266 g/mol. The maximum absolute atomic E-state index is 11.7. The third-order valence-electron chi connectivity index (χ3n) is 2.60. The van der Waals surface area contributed by atoms with Gasteiger partial charge >= 0.3 is 0 Å². The van der Waals surface area contributed by atoms with E-state index in [9.17, 15) is 4.79 Å². The van der Waals surface area contributed by atoms with E-state index in [0.29, 0.717) is 30.2 Å². The first-order chi connectivity index (χ1) is 9.19. The summed E-state index contributed by atoms with van der Waals surface area (Å²) in [6.07, 6.45) is 2.15. The van der Waals surface area contributed by atoms with Crippen LogP contribution in [0.4, 0.5) is 5.69 Å². The highest BCUT2D eigenvalue weighted by molar-refractivity contribution is 5.97. The molecule has 0 bridgehead atoms. The van der Waals surface area contributed by atoms with Gasteiger partial charge in [-0.25, -0.2) is 0 Å². The largest absolute Gasteiger partial charge is 0.490 e. The van der Waals surface area contributed by atoms with Gasteiger partial charge in [-0.15, -0.1) is 0 Å². The number of ether oxygens (including phenoxy) is 2. The van der Waals surface area contributed by atoms with Crippen LogP contribution >= 0.6 is 0 Å². The second kappa shape index (κ2) is 8.37. The molecule has 0 aliphatic rings. The molecular formula is C14H22N2O3. The average Bonchev–Trinajstić information content (AvgIpc) is 2.42. The second-order valence-electron chi connectivity index (χ2n) is 4.15. The van der Waals surface area contributed by atoms with Gasteiger partial charge in [0, 0.05) is 25.4 Å². The molecule has 0 radical (unpaired) electrons. The third-order valence-corrected chi connectivity index (χ3v) is 2.60. The summed E-state index contributed by atoms with van der Waals surface area (Å²) in [6, 6.07) is 4.98. The number of unbranched alkanes of at least 4 members (excludes halogenated alkanes) is 1. The molecule has 5 heteroatoms. The maximum Gasteiger partial charge on any atom is 0.254 e. The van der Waals surface area contributed by atoms with Crippen molar-refractivity contribution in [1.82, 2.24) is 5.32 Å². The van der Waals surface area contributed by atoms with Crippen molar-refractivity contribution in [2.75, 3.05) is 32.6 Å². The van der Waals surface area contributed by atoms with Crippen LogP contribution in [0, 0.1) is 0 Å². The summed E-state index contributed by atoms with van der Waals surface area (Å²) in [5.41, 5.74) is 6.74. The topological polar surface area (TPSA) is 73.6 Å². The monoisotopic (exact) mass is 266 g/mol. The molecule has 1 amide bonds. The molecule has 0 heterocycles. The highest BCUT2D eigenvalue weighted by atomic mass is 16.5. The number of carbonyl (C=O) groups is 1. The van der Waals surface area contributed by atoms with E-state index < -0.39 is 0 Å². The quantitative estimate of drug-likeness (QED) is 0.556. The molecule has 0 fully saturated rings. The summed E-state index contributed by atoms with van der Waals surface area (Å²) < 4.78 is 11.0. The first-order valence-corrected chi connectivity index (χ1v) is 6.51. The van der Waals surface area contributed by atoms with Gasteiger partial charge in [-0.2, -0.15) is 0 Å². The van der Waals surface area contributed by atoms with Crippen LogP contribution in [0.1, 0.15) is 30.1 Å². The van der Waals surface area contributed by atoms with Crippen LogP contribution in [0.15, 0.2) is 18.2 Å². The SMILES string of the molecule is CCCCOCCOc1cc(N)ccc1C(=O)NC. The van der Waals surface area contributed by atoms with Gasteiger partial charge in [-0.1, -0.05) is 13.3 Å². The molecule has 1 rings (SSSR count). The molecule has 5 nitrogen and oxygen atoms in total. The minimum atomic E-state index is -0.193. The minimum Gasteiger partial charge on any atom is -0.490 e. The number of hydrogen-bond acceptors (Lipinski definition) is 4. The van der Waals surface area contributed by atoms with Gasteiger partial charge in [0.2, 0.25) is 0 Å². The second-order valence-corrected chi connectivity index (χ2v) is 4.15. The van der Waals surface area contributed by atoms with Gasteiger partial charge in [-0.05, 0) is 18.6 Å². The van der Waals surface area contributed by atoms with E-state index in [1.807, 2.05) is 0 Å². The van der Waals surface area contributed by atoms with Crippen molar-refractivity contribution in [3.63, 3.8) is 0 Å². The zero-order chi connectivity index (χ0) is 14.1. The van der Waals surface area contributed by atoms with E-state index in [0.717, 1.165) is 19.4 Å². The van der Waals surface area contributed by atoms with Crippen molar-refractivity contribution < 1.29 is 14.3 Å². The Kier molecular flexibility index (Phi) is 6.74. The fraction of sp³-hybridized carbons (Fsp3) is 0.500. The van der Waals surface area contributed by atoms with Crippen molar-refractivity contribution in [3.8, 4) is 5.75 Å². The summed E-state index contributed by atoms with van der Waals surface area (Å²) in [5.74, 6) is 0.292. The predicted molar refractivity (Wildman–Crippen MR) is 75.5 cm³/mol. The first kappa shape index (κ1) is 15.3. The molecule has 0 saturated carbocycles. The Morgan fingerprint density at radius 1 is 1.32 bits per heavy atom. The predicted octanol–water partition coefficient (Wildman–Crippen LogP) is 1.82. The molecule has 0 saturated heterocycles. The van der Waals surface area contributed by atoms with Crippen LogP contribution in [-0.4, -0.2) is 32.8 Å². The first-order valence-electron chi connectivity index (χ1n) is 6.51. The molecule has 0 atom stereocenters. The van der Waals surface area contributed by atoms with Gasteiger partial charge in [0.05, 0.1) is 12.2 Å². The van der Waals surface area contributed by atoms with Crippen LogP contribution < -0.4 is 15.8 Å². The number of nitrogens with one attached hydrogen (secondary N) is 1. The fourth-order valence-corrected chi connectivity index (χ4v) is 1.54. The Hall–Kier alpha value is -1.75. The summed E-state index contributed by atoms with van der Waals surface area (Å²) in [6.45, 7) is 3.75. The van der Waals surface area contributed by atoms with Crippen molar-refractivity contribution in [2.24, 2.45) is 0 Å². The highest BCUT2D eigenvalue weighted by Crippen LogP contribution is 2.21. The fourth-order valence-electron chi connectivity index (χ4n) is 1.54. The zero-order valence-corrected chi connectivity index (χ0v) is 11.6. The number of hydrogen-bond donors (Lipinski definition) is 2. The van der Waals surface area contributed by atoms with Crippen LogP contribution in [0.3, 0.4) is 0 Å². The molecule has 106 valence electrons. The van der Waals surface area contributed by atoms with Crippen LogP contribution in [-0.2, 0) is 4.74 Å². The molecule has 1 aromatic carbocycles. The number of rotatable bonds is 8. The molecule has 1 aromatic rings. The number of carbonyl (C=O) groups excluding carboxylic acids is 1. The maximum atomic E-state index is 11.7. The van der Waals surface area contributed by atoms with Gasteiger partial charge in [0.1, 0.15) is 12.4 Å². The van der Waals surface area contributed by atoms with E-state index in [-0.39, 0.29) is 5.91 Å². The Bertz CT molecular complexity index is 408. The Balaban J connectivity index is 2.51.